The summed E-state index contributed by atoms with van der Waals surface area (Å²) in [5.41, 5.74) is -0.0527. The Morgan fingerprint density at radius 3 is 2.87 bits per heavy atom. The Kier molecular flexibility index (Phi) is 2.36. The van der Waals surface area contributed by atoms with E-state index in [1.54, 1.807) is 6.07 Å². The van der Waals surface area contributed by atoms with Gasteiger partial charge in [0.2, 0.25) is 0 Å². The lowest BCUT2D eigenvalue weighted by molar-refractivity contribution is -0.385. The third kappa shape index (κ3) is 1.56. The molecule has 0 saturated heterocycles. The fourth-order valence-electron chi connectivity index (χ4n) is 1.27. The van der Waals surface area contributed by atoms with Crippen molar-refractivity contribution in [3.8, 4) is 0 Å². The molecule has 2 rings (SSSR count). The third-order valence-corrected chi connectivity index (χ3v) is 2.79. The van der Waals surface area contributed by atoms with Crippen LogP contribution in [0.15, 0.2) is 28.9 Å². The summed E-state index contributed by atoms with van der Waals surface area (Å²) in [5, 5.41) is 11.0. The molecule has 0 amide bonds. The highest BCUT2D eigenvalue weighted by Gasteiger charge is 2.16. The third-order valence-electron chi connectivity index (χ3n) is 1.96. The average Bonchev–Trinajstić information content (AvgIpc) is 2.19. The van der Waals surface area contributed by atoms with Crippen LogP contribution < -0.4 is 0 Å². The van der Waals surface area contributed by atoms with Gasteiger partial charge in [-0.3, -0.25) is 10.1 Å². The number of nitrogens with zero attached hydrogens (tertiary/aromatic N) is 2. The Morgan fingerprint density at radius 2 is 2.20 bits per heavy atom. The summed E-state index contributed by atoms with van der Waals surface area (Å²) in [4.78, 5) is 13.7. The Labute approximate surface area is 92.0 Å². The van der Waals surface area contributed by atoms with Crippen LogP contribution in [0, 0.1) is 15.9 Å². The van der Waals surface area contributed by atoms with E-state index in [9.17, 15) is 14.5 Å². The van der Waals surface area contributed by atoms with Gasteiger partial charge in [-0.1, -0.05) is 12.1 Å². The number of para-hydroxylation sites is 1. The fourth-order valence-corrected chi connectivity index (χ4v) is 1.84. The molecule has 0 spiro atoms. The van der Waals surface area contributed by atoms with E-state index in [2.05, 4.69) is 20.9 Å². The van der Waals surface area contributed by atoms with E-state index >= 15 is 0 Å². The summed E-state index contributed by atoms with van der Waals surface area (Å²) in [6.07, 6.45) is 1.04. The summed E-state index contributed by atoms with van der Waals surface area (Å²) in [7, 11) is 0. The molecule has 4 nitrogen and oxygen atoms in total. The van der Waals surface area contributed by atoms with Crippen molar-refractivity contribution in [1.82, 2.24) is 4.98 Å². The van der Waals surface area contributed by atoms with E-state index in [1.807, 2.05) is 0 Å². The van der Waals surface area contributed by atoms with Gasteiger partial charge in [0.05, 0.1) is 4.92 Å². The summed E-state index contributed by atoms with van der Waals surface area (Å²) in [5.74, 6) is -0.497. The molecule has 1 aromatic carbocycles. The standard InChI is InChI=1S/C9H4BrFN2O2/c10-8-5-2-1-3-6(11)9(5)12-4-7(8)13(14)15/h1-4H. The maximum absolute atomic E-state index is 13.2. The zero-order chi connectivity index (χ0) is 11.0. The second kappa shape index (κ2) is 3.54. The summed E-state index contributed by atoms with van der Waals surface area (Å²) in [6.45, 7) is 0. The largest absolute Gasteiger partial charge is 0.302 e. The maximum atomic E-state index is 13.2. The van der Waals surface area contributed by atoms with E-state index < -0.39 is 10.7 Å². The molecule has 0 radical (unpaired) electrons. The molecule has 0 unspecified atom stereocenters. The normalized spacial score (nSPS) is 10.5. The van der Waals surface area contributed by atoms with Crippen LogP contribution in [-0.4, -0.2) is 9.91 Å². The number of pyridine rings is 1. The van der Waals surface area contributed by atoms with Crippen LogP contribution in [0.5, 0.6) is 0 Å². The number of fused-ring (bicyclic) bond motifs is 1. The van der Waals surface area contributed by atoms with Crippen molar-refractivity contribution in [3.63, 3.8) is 0 Å². The van der Waals surface area contributed by atoms with Crippen molar-refractivity contribution in [2.75, 3.05) is 0 Å². The summed E-state index contributed by atoms with van der Waals surface area (Å²) >= 11 is 3.07. The number of hydrogen-bond acceptors (Lipinski definition) is 3. The highest BCUT2D eigenvalue weighted by Crippen LogP contribution is 2.31. The minimum absolute atomic E-state index is 0.120. The first-order valence-corrected chi connectivity index (χ1v) is 4.77. The molecule has 1 aromatic heterocycles. The van der Waals surface area contributed by atoms with Crippen molar-refractivity contribution in [2.45, 2.75) is 0 Å². The molecule has 0 N–H and O–H groups in total. The lowest BCUT2D eigenvalue weighted by atomic mass is 10.2. The molecule has 6 heteroatoms. The van der Waals surface area contributed by atoms with Crippen LogP contribution in [0.1, 0.15) is 0 Å². The highest BCUT2D eigenvalue weighted by atomic mass is 79.9. The number of rotatable bonds is 1. The Morgan fingerprint density at radius 1 is 1.47 bits per heavy atom. The van der Waals surface area contributed by atoms with Gasteiger partial charge in [0, 0.05) is 5.39 Å². The van der Waals surface area contributed by atoms with Gasteiger partial charge in [-0.2, -0.15) is 0 Å². The SMILES string of the molecule is O=[N+]([O-])c1cnc2c(F)cccc2c1Br. The summed E-state index contributed by atoms with van der Waals surface area (Å²) < 4.78 is 13.5. The van der Waals surface area contributed by atoms with Crippen molar-refractivity contribution >= 4 is 32.5 Å². The molecule has 0 aliphatic heterocycles. The number of hydrogen-bond donors (Lipinski definition) is 0. The van der Waals surface area contributed by atoms with Crippen LogP contribution >= 0.6 is 15.9 Å². The second-order valence-corrected chi connectivity index (χ2v) is 3.64. The highest BCUT2D eigenvalue weighted by molar-refractivity contribution is 9.10. The van der Waals surface area contributed by atoms with Gasteiger partial charge in [0.15, 0.2) is 0 Å². The Balaban J connectivity index is 2.86. The van der Waals surface area contributed by atoms with Gasteiger partial charge in [-0.25, -0.2) is 9.37 Å². The molecule has 0 atom stereocenters. The van der Waals surface area contributed by atoms with Gasteiger partial charge in [-0.15, -0.1) is 0 Å². The van der Waals surface area contributed by atoms with Gasteiger partial charge in [0.1, 0.15) is 22.0 Å². The molecule has 0 saturated carbocycles. The quantitative estimate of drug-likeness (QED) is 0.591. The van der Waals surface area contributed by atoms with Crippen molar-refractivity contribution in [3.05, 3.63) is 44.8 Å². The maximum Gasteiger partial charge on any atom is 0.302 e. The molecular weight excluding hydrogens is 267 g/mol. The number of halogens is 2. The summed E-state index contributed by atoms with van der Waals surface area (Å²) in [6, 6.07) is 4.31. The Hall–Kier alpha value is -1.56. The molecule has 0 bridgehead atoms. The van der Waals surface area contributed by atoms with E-state index in [1.165, 1.54) is 12.1 Å². The zero-order valence-corrected chi connectivity index (χ0v) is 8.86. The van der Waals surface area contributed by atoms with Crippen LogP contribution in [0.3, 0.4) is 0 Å². The monoisotopic (exact) mass is 270 g/mol. The van der Waals surface area contributed by atoms with Crippen molar-refractivity contribution in [1.29, 1.82) is 0 Å². The Bertz CT molecular complexity index is 559. The molecule has 2 aromatic rings. The second-order valence-electron chi connectivity index (χ2n) is 2.85. The molecular formula is C9H4BrFN2O2. The van der Waals surface area contributed by atoms with Gasteiger partial charge < -0.3 is 0 Å². The fraction of sp³-hybridized carbons (Fsp3) is 0. The number of benzene rings is 1. The first-order valence-electron chi connectivity index (χ1n) is 3.98. The zero-order valence-electron chi connectivity index (χ0n) is 7.28. The van der Waals surface area contributed by atoms with Gasteiger partial charge in [-0.05, 0) is 22.0 Å². The first kappa shape index (κ1) is 9.97. The van der Waals surface area contributed by atoms with Crippen LogP contribution in [0.25, 0.3) is 10.9 Å². The average molecular weight is 271 g/mol. The predicted molar refractivity (Wildman–Crippen MR) is 56.1 cm³/mol. The molecule has 0 aliphatic rings. The smallest absolute Gasteiger partial charge is 0.258 e. The minimum atomic E-state index is -0.568. The van der Waals surface area contributed by atoms with E-state index in [-0.39, 0.29) is 15.7 Å². The van der Waals surface area contributed by atoms with E-state index in [0.29, 0.717) is 5.39 Å². The molecule has 0 aliphatic carbocycles. The molecule has 0 fully saturated rings. The van der Waals surface area contributed by atoms with Crippen LogP contribution in [0.2, 0.25) is 0 Å². The van der Waals surface area contributed by atoms with Gasteiger partial charge in [0.25, 0.3) is 0 Å². The molecule has 76 valence electrons. The van der Waals surface area contributed by atoms with Crippen molar-refractivity contribution in [2.24, 2.45) is 0 Å². The topological polar surface area (TPSA) is 56.0 Å². The van der Waals surface area contributed by atoms with Crippen LogP contribution in [0.4, 0.5) is 10.1 Å². The molecule has 15 heavy (non-hydrogen) atoms. The van der Waals surface area contributed by atoms with Crippen LogP contribution in [-0.2, 0) is 0 Å². The molecule has 1 heterocycles. The lowest BCUT2D eigenvalue weighted by Crippen LogP contribution is -1.93. The lowest BCUT2D eigenvalue weighted by Gasteiger charge is -2.01. The van der Waals surface area contributed by atoms with E-state index in [0.717, 1.165) is 6.20 Å². The number of aromatic nitrogens is 1. The number of nitro groups is 1. The first-order chi connectivity index (χ1) is 7.11. The van der Waals surface area contributed by atoms with E-state index in [4.69, 9.17) is 0 Å². The van der Waals surface area contributed by atoms with Gasteiger partial charge >= 0.3 is 5.69 Å². The minimum Gasteiger partial charge on any atom is -0.258 e. The van der Waals surface area contributed by atoms with Crippen molar-refractivity contribution < 1.29 is 9.31 Å². The predicted octanol–water partition coefficient (Wildman–Crippen LogP) is 3.04.